The molecule has 4 fully saturated rings. The minimum absolute atomic E-state index is 0.130. The number of hydrogen-bond donors (Lipinski definition) is 0. The van der Waals surface area contributed by atoms with E-state index in [0.29, 0.717) is 35.0 Å². The fraction of sp³-hybridized carbons (Fsp3) is 0.680. The van der Waals surface area contributed by atoms with Gasteiger partial charge in [-0.2, -0.15) is 0 Å². The molecular weight excluding hydrogens is 364 g/mol. The van der Waals surface area contributed by atoms with Gasteiger partial charge in [-0.3, -0.25) is 4.79 Å². The molecule has 0 amide bonds. The van der Waals surface area contributed by atoms with E-state index in [-0.39, 0.29) is 11.4 Å². The normalized spacial score (nSPS) is 30.8. The first-order valence-corrected chi connectivity index (χ1v) is 11.4. The third kappa shape index (κ3) is 3.83. The molecular formula is C25H34O4. The summed E-state index contributed by atoms with van der Waals surface area (Å²) in [6.07, 6.45) is 9.90. The SMILES string of the molecule is CCCC(CC)c1ccc(OC(=O)C23CC4CC(CC(C4)C2)C3)c(C(=O)OC)c1. The lowest BCUT2D eigenvalue weighted by atomic mass is 9.49. The minimum atomic E-state index is -0.438. The van der Waals surface area contributed by atoms with Crippen molar-refractivity contribution in [1.82, 2.24) is 0 Å². The molecule has 0 radical (unpaired) electrons. The van der Waals surface area contributed by atoms with Crippen LogP contribution >= 0.6 is 0 Å². The van der Waals surface area contributed by atoms with Crippen molar-refractivity contribution in [2.45, 2.75) is 77.6 Å². The van der Waals surface area contributed by atoms with Crippen LogP contribution in [-0.2, 0) is 9.53 Å². The molecule has 1 aromatic carbocycles. The van der Waals surface area contributed by atoms with E-state index in [1.54, 1.807) is 6.07 Å². The molecule has 4 saturated carbocycles. The molecule has 1 unspecified atom stereocenters. The number of carbonyl (C=O) groups is 2. The van der Waals surface area contributed by atoms with Gasteiger partial charge in [-0.15, -0.1) is 0 Å². The second-order valence-electron chi connectivity index (χ2n) is 9.73. The van der Waals surface area contributed by atoms with Gasteiger partial charge in [0.05, 0.1) is 12.5 Å². The van der Waals surface area contributed by atoms with Crippen LogP contribution in [0.15, 0.2) is 18.2 Å². The summed E-state index contributed by atoms with van der Waals surface area (Å²) in [6.45, 7) is 4.34. The average Bonchev–Trinajstić information content (AvgIpc) is 2.70. The molecule has 0 aliphatic heterocycles. The second-order valence-corrected chi connectivity index (χ2v) is 9.73. The maximum Gasteiger partial charge on any atom is 0.341 e. The van der Waals surface area contributed by atoms with Crippen molar-refractivity contribution in [1.29, 1.82) is 0 Å². The molecule has 0 aromatic heterocycles. The maximum atomic E-state index is 13.3. The van der Waals surface area contributed by atoms with Crippen LogP contribution in [0.3, 0.4) is 0 Å². The molecule has 4 aliphatic rings. The molecule has 4 heteroatoms. The number of esters is 2. The lowest BCUT2D eigenvalue weighted by molar-refractivity contribution is -0.161. The van der Waals surface area contributed by atoms with E-state index in [9.17, 15) is 9.59 Å². The fourth-order valence-corrected chi connectivity index (χ4v) is 6.68. The number of benzene rings is 1. The highest BCUT2D eigenvalue weighted by Crippen LogP contribution is 2.60. The molecule has 5 rings (SSSR count). The Bertz CT molecular complexity index is 746. The Kier molecular flexibility index (Phi) is 5.72. The molecule has 1 aromatic rings. The van der Waals surface area contributed by atoms with Gasteiger partial charge >= 0.3 is 11.9 Å². The summed E-state index contributed by atoms with van der Waals surface area (Å²) in [5.41, 5.74) is 1.15. The van der Waals surface area contributed by atoms with Gasteiger partial charge < -0.3 is 9.47 Å². The largest absolute Gasteiger partial charge is 0.465 e. The molecule has 29 heavy (non-hydrogen) atoms. The van der Waals surface area contributed by atoms with E-state index < -0.39 is 5.97 Å². The van der Waals surface area contributed by atoms with Crippen LogP contribution in [0.5, 0.6) is 5.75 Å². The van der Waals surface area contributed by atoms with Gasteiger partial charge in [0.15, 0.2) is 0 Å². The predicted octanol–water partition coefficient (Wildman–Crippen LogP) is 5.89. The molecule has 0 heterocycles. The van der Waals surface area contributed by atoms with E-state index in [1.807, 2.05) is 12.1 Å². The van der Waals surface area contributed by atoms with E-state index in [4.69, 9.17) is 9.47 Å². The lowest BCUT2D eigenvalue weighted by Crippen LogP contribution is -2.51. The summed E-state index contributed by atoms with van der Waals surface area (Å²) in [6, 6.07) is 5.69. The van der Waals surface area contributed by atoms with Gasteiger partial charge in [-0.05, 0) is 92.7 Å². The van der Waals surface area contributed by atoms with E-state index in [1.165, 1.54) is 26.4 Å². The monoisotopic (exact) mass is 398 g/mol. The molecule has 0 spiro atoms. The zero-order chi connectivity index (χ0) is 20.6. The van der Waals surface area contributed by atoms with Crippen LogP contribution in [0.25, 0.3) is 0 Å². The Morgan fingerprint density at radius 3 is 2.21 bits per heavy atom. The number of hydrogen-bond acceptors (Lipinski definition) is 4. The van der Waals surface area contributed by atoms with Crippen molar-refractivity contribution in [3.8, 4) is 5.75 Å². The van der Waals surface area contributed by atoms with Crippen molar-refractivity contribution in [3.05, 3.63) is 29.3 Å². The lowest BCUT2D eigenvalue weighted by Gasteiger charge is -2.55. The smallest absolute Gasteiger partial charge is 0.341 e. The Morgan fingerprint density at radius 1 is 1.07 bits per heavy atom. The summed E-state index contributed by atoms with van der Waals surface area (Å²) in [4.78, 5) is 25.8. The first-order chi connectivity index (χ1) is 14.0. The quantitative estimate of drug-likeness (QED) is 0.424. The second kappa shape index (κ2) is 8.12. The third-order valence-electron chi connectivity index (χ3n) is 7.68. The molecule has 4 aliphatic carbocycles. The zero-order valence-corrected chi connectivity index (χ0v) is 18.0. The van der Waals surface area contributed by atoms with Crippen LogP contribution in [0.4, 0.5) is 0 Å². The Morgan fingerprint density at radius 2 is 1.69 bits per heavy atom. The molecule has 158 valence electrons. The van der Waals surface area contributed by atoms with Gasteiger partial charge in [0, 0.05) is 0 Å². The van der Waals surface area contributed by atoms with Crippen molar-refractivity contribution < 1.29 is 19.1 Å². The summed E-state index contributed by atoms with van der Waals surface area (Å²) >= 11 is 0. The van der Waals surface area contributed by atoms with Gasteiger partial charge in [-0.1, -0.05) is 26.3 Å². The van der Waals surface area contributed by atoms with Gasteiger partial charge in [0.1, 0.15) is 11.3 Å². The van der Waals surface area contributed by atoms with Crippen LogP contribution in [0.2, 0.25) is 0 Å². The number of carbonyl (C=O) groups excluding carboxylic acids is 2. The number of methoxy groups -OCH3 is 1. The highest BCUT2D eigenvalue weighted by molar-refractivity contribution is 5.94. The van der Waals surface area contributed by atoms with Crippen LogP contribution in [0, 0.1) is 23.2 Å². The number of ether oxygens (including phenoxy) is 2. The van der Waals surface area contributed by atoms with E-state index >= 15 is 0 Å². The molecule has 0 saturated heterocycles. The fourth-order valence-electron chi connectivity index (χ4n) is 6.68. The van der Waals surface area contributed by atoms with Gasteiger partial charge in [-0.25, -0.2) is 4.79 Å². The van der Waals surface area contributed by atoms with Crippen molar-refractivity contribution in [2.24, 2.45) is 23.2 Å². The van der Waals surface area contributed by atoms with Crippen LogP contribution in [0.1, 0.15) is 93.5 Å². The summed E-state index contributed by atoms with van der Waals surface area (Å²) < 4.78 is 10.9. The van der Waals surface area contributed by atoms with E-state index in [2.05, 4.69) is 13.8 Å². The first kappa shape index (κ1) is 20.4. The van der Waals surface area contributed by atoms with Crippen LogP contribution < -0.4 is 4.74 Å². The van der Waals surface area contributed by atoms with Gasteiger partial charge in [0.25, 0.3) is 0 Å². The number of rotatable bonds is 7. The third-order valence-corrected chi connectivity index (χ3v) is 7.68. The zero-order valence-electron chi connectivity index (χ0n) is 18.0. The average molecular weight is 399 g/mol. The van der Waals surface area contributed by atoms with E-state index in [0.717, 1.165) is 44.1 Å². The first-order valence-electron chi connectivity index (χ1n) is 11.4. The topological polar surface area (TPSA) is 52.6 Å². The Balaban J connectivity index is 1.59. The minimum Gasteiger partial charge on any atom is -0.465 e. The van der Waals surface area contributed by atoms with Crippen molar-refractivity contribution >= 4 is 11.9 Å². The highest BCUT2D eigenvalue weighted by atomic mass is 16.5. The van der Waals surface area contributed by atoms with Gasteiger partial charge in [0.2, 0.25) is 0 Å². The van der Waals surface area contributed by atoms with Crippen LogP contribution in [-0.4, -0.2) is 19.0 Å². The summed E-state index contributed by atoms with van der Waals surface area (Å²) in [5, 5.41) is 0. The molecule has 0 N–H and O–H groups in total. The predicted molar refractivity (Wildman–Crippen MR) is 112 cm³/mol. The Labute approximate surface area is 174 Å². The maximum absolute atomic E-state index is 13.3. The summed E-state index contributed by atoms with van der Waals surface area (Å²) in [5.74, 6) is 2.22. The summed E-state index contributed by atoms with van der Waals surface area (Å²) in [7, 11) is 1.38. The molecule has 1 atom stereocenters. The van der Waals surface area contributed by atoms with Crippen molar-refractivity contribution in [3.63, 3.8) is 0 Å². The molecule has 4 nitrogen and oxygen atoms in total. The highest BCUT2D eigenvalue weighted by Gasteiger charge is 2.55. The Hall–Kier alpha value is -1.84. The molecule has 4 bridgehead atoms. The standard InChI is InChI=1S/C25H34O4/c1-4-6-19(5-2)20-7-8-22(21(12-20)23(26)28-3)29-24(27)25-13-16-9-17(14-25)11-18(10-16)15-25/h7-8,12,16-19H,4-6,9-11,13-15H2,1-3H3. The van der Waals surface area contributed by atoms with Crippen molar-refractivity contribution in [2.75, 3.05) is 7.11 Å².